The van der Waals surface area contributed by atoms with Gasteiger partial charge in [-0.3, -0.25) is 9.59 Å². The van der Waals surface area contributed by atoms with E-state index in [0.717, 1.165) is 22.1 Å². The number of aryl methyl sites for hydroxylation is 1. The lowest BCUT2D eigenvalue weighted by Gasteiger charge is -2.36. The summed E-state index contributed by atoms with van der Waals surface area (Å²) in [6, 6.07) is 1.99. The van der Waals surface area contributed by atoms with Crippen LogP contribution in [-0.2, 0) is 39.5 Å². The monoisotopic (exact) mass is 520 g/mol. The Kier molecular flexibility index (Phi) is 5.32. The predicted molar refractivity (Wildman–Crippen MR) is 137 cm³/mol. The number of rotatable bonds is 3. The Balaban J connectivity index is 1.67. The number of aromatic nitrogens is 2. The van der Waals surface area contributed by atoms with Crippen molar-refractivity contribution in [3.8, 4) is 11.4 Å². The van der Waals surface area contributed by atoms with Gasteiger partial charge in [0.1, 0.15) is 12.4 Å². The summed E-state index contributed by atoms with van der Waals surface area (Å²) in [6.45, 7) is 5.00. The van der Waals surface area contributed by atoms with Crippen LogP contribution in [-0.4, -0.2) is 44.5 Å². The van der Waals surface area contributed by atoms with E-state index in [1.54, 1.807) is 43.4 Å². The minimum absolute atomic E-state index is 0.0328. The Morgan fingerprint density at radius 1 is 1.34 bits per heavy atom. The molecule has 6 rings (SSSR count). The van der Waals surface area contributed by atoms with Gasteiger partial charge in [-0.25, -0.2) is 14.2 Å². The number of pyridine rings is 2. The Hall–Kier alpha value is -3.63. The van der Waals surface area contributed by atoms with Crippen LogP contribution in [0.1, 0.15) is 66.1 Å². The number of cyclic esters (lactones) is 1. The fourth-order valence-corrected chi connectivity index (χ4v) is 6.39. The molecule has 0 saturated carbocycles. The first-order valence-corrected chi connectivity index (χ1v) is 12.8. The molecule has 0 bridgehead atoms. The Bertz CT molecular complexity index is 1650. The number of esters is 1. The minimum atomic E-state index is -1.95. The summed E-state index contributed by atoms with van der Waals surface area (Å²) in [4.78, 5) is 45.6. The number of nitrogens with two attached hydrogens (primary N) is 1. The average Bonchev–Trinajstić information content (AvgIpc) is 3.27. The lowest BCUT2D eigenvalue weighted by molar-refractivity contribution is -0.172. The van der Waals surface area contributed by atoms with Crippen LogP contribution >= 0.6 is 0 Å². The van der Waals surface area contributed by atoms with Crippen molar-refractivity contribution in [1.29, 1.82) is 0 Å². The van der Waals surface area contributed by atoms with Crippen molar-refractivity contribution in [2.75, 3.05) is 7.05 Å². The zero-order valence-electron chi connectivity index (χ0n) is 21.7. The second kappa shape index (κ2) is 8.18. The molecule has 2 aromatic heterocycles. The largest absolute Gasteiger partial charge is 0.458 e. The first kappa shape index (κ1) is 24.7. The van der Waals surface area contributed by atoms with Crippen LogP contribution in [0.15, 0.2) is 16.9 Å². The molecular weight excluding hydrogens is 491 g/mol. The van der Waals surface area contributed by atoms with E-state index in [2.05, 4.69) is 0 Å². The van der Waals surface area contributed by atoms with Crippen molar-refractivity contribution in [3.63, 3.8) is 0 Å². The third-order valence-corrected chi connectivity index (χ3v) is 8.55. The summed E-state index contributed by atoms with van der Waals surface area (Å²) in [6.07, 6.45) is 1.17. The molecule has 3 N–H and O–H groups in total. The van der Waals surface area contributed by atoms with Gasteiger partial charge in [0.05, 0.1) is 41.1 Å². The summed E-state index contributed by atoms with van der Waals surface area (Å²) < 4.78 is 21.7. The molecule has 198 valence electrons. The second-order valence-electron chi connectivity index (χ2n) is 10.6. The molecule has 3 aliphatic rings. The maximum atomic E-state index is 15.0. The standard InChI is InChI=1S/C28H29FN4O5/c1-5-28(37)17-8-21-24-15(10-33(21)26(35)16(17)11-38-27(28)36)23-20(32(4)25(34)13(3)30)7-6-14-12(2)18(29)9-19(31-24)22(14)23/h8-9,13,20,37H,5-7,10-11,30H2,1-4H3/t13-,20-,28-/m0/s1. The van der Waals surface area contributed by atoms with Gasteiger partial charge in [0, 0.05) is 29.6 Å². The van der Waals surface area contributed by atoms with Crippen molar-refractivity contribution < 1.29 is 23.8 Å². The summed E-state index contributed by atoms with van der Waals surface area (Å²) in [5.41, 5.74) is 8.43. The highest BCUT2D eigenvalue weighted by Gasteiger charge is 2.46. The quantitative estimate of drug-likeness (QED) is 0.397. The number of carbonyl (C=O) groups is 2. The Morgan fingerprint density at radius 2 is 2.08 bits per heavy atom. The molecule has 0 unspecified atom stereocenters. The van der Waals surface area contributed by atoms with E-state index in [1.807, 2.05) is 0 Å². The molecule has 1 aromatic carbocycles. The minimum Gasteiger partial charge on any atom is -0.458 e. The molecule has 2 aliphatic heterocycles. The molecule has 1 aliphatic carbocycles. The van der Waals surface area contributed by atoms with Crippen LogP contribution < -0.4 is 11.3 Å². The van der Waals surface area contributed by atoms with Gasteiger partial charge in [-0.2, -0.15) is 0 Å². The molecule has 9 nitrogen and oxygen atoms in total. The highest BCUT2D eigenvalue weighted by atomic mass is 19.1. The number of hydrogen-bond acceptors (Lipinski definition) is 7. The zero-order chi connectivity index (χ0) is 27.3. The average molecular weight is 521 g/mol. The van der Waals surface area contributed by atoms with Gasteiger partial charge in [0.15, 0.2) is 5.60 Å². The van der Waals surface area contributed by atoms with Crippen molar-refractivity contribution in [3.05, 3.63) is 61.7 Å². The first-order chi connectivity index (χ1) is 18.0. The van der Waals surface area contributed by atoms with E-state index in [-0.39, 0.29) is 54.0 Å². The number of amides is 1. The van der Waals surface area contributed by atoms with Crippen molar-refractivity contribution in [2.45, 2.75) is 70.9 Å². The molecule has 1 amide bonds. The number of halogens is 1. The summed E-state index contributed by atoms with van der Waals surface area (Å²) in [7, 11) is 1.72. The number of ether oxygens (including phenoxy) is 1. The molecule has 3 atom stereocenters. The number of aliphatic hydroxyl groups is 1. The van der Waals surface area contributed by atoms with Crippen LogP contribution in [0.4, 0.5) is 4.39 Å². The van der Waals surface area contributed by atoms with E-state index < -0.39 is 17.6 Å². The SMILES string of the molecule is CC[C@@]1(O)C(=O)OCc2c1cc1n(c2=O)Cc2c-1nc1cc(F)c(C)c3c1c2[C@@H](N(C)C(=O)[C@H](C)N)CC3. The van der Waals surface area contributed by atoms with Crippen LogP contribution in [0, 0.1) is 12.7 Å². The van der Waals surface area contributed by atoms with Crippen molar-refractivity contribution in [1.82, 2.24) is 14.5 Å². The number of benzene rings is 1. The smallest absolute Gasteiger partial charge is 0.343 e. The number of hydrogen-bond donors (Lipinski definition) is 2. The van der Waals surface area contributed by atoms with Crippen LogP contribution in [0.2, 0.25) is 0 Å². The van der Waals surface area contributed by atoms with E-state index >= 15 is 4.39 Å². The molecule has 10 heteroatoms. The molecular formula is C28H29FN4O5. The van der Waals surface area contributed by atoms with Crippen molar-refractivity contribution >= 4 is 22.8 Å². The van der Waals surface area contributed by atoms with Crippen LogP contribution in [0.5, 0.6) is 0 Å². The van der Waals surface area contributed by atoms with Crippen molar-refractivity contribution in [2.24, 2.45) is 5.73 Å². The number of fused-ring (bicyclic) bond motifs is 5. The fourth-order valence-electron chi connectivity index (χ4n) is 6.39. The van der Waals surface area contributed by atoms with Gasteiger partial charge in [-0.15, -0.1) is 0 Å². The third kappa shape index (κ3) is 3.10. The Labute approximate surface area is 218 Å². The third-order valence-electron chi connectivity index (χ3n) is 8.55. The van der Waals surface area contributed by atoms with Gasteiger partial charge in [0.25, 0.3) is 5.56 Å². The molecule has 4 heterocycles. The van der Waals surface area contributed by atoms with Crippen LogP contribution in [0.25, 0.3) is 22.3 Å². The Morgan fingerprint density at radius 3 is 2.76 bits per heavy atom. The molecule has 0 fully saturated rings. The summed E-state index contributed by atoms with van der Waals surface area (Å²) in [5.74, 6) is -1.38. The van der Waals surface area contributed by atoms with Crippen LogP contribution in [0.3, 0.4) is 0 Å². The summed E-state index contributed by atoms with van der Waals surface area (Å²) in [5, 5.41) is 12.0. The number of nitrogens with zero attached hydrogens (tertiary/aromatic N) is 3. The lowest BCUT2D eigenvalue weighted by Crippen LogP contribution is -2.44. The fraction of sp³-hybridized carbons (Fsp3) is 0.429. The van der Waals surface area contributed by atoms with Gasteiger partial charge in [0.2, 0.25) is 5.91 Å². The highest BCUT2D eigenvalue weighted by Crippen LogP contribution is 2.47. The normalized spacial score (nSPS) is 22.0. The maximum absolute atomic E-state index is 15.0. The van der Waals surface area contributed by atoms with Gasteiger partial charge in [-0.1, -0.05) is 6.92 Å². The molecule has 0 spiro atoms. The second-order valence-corrected chi connectivity index (χ2v) is 10.6. The topological polar surface area (TPSA) is 128 Å². The molecule has 0 saturated heterocycles. The summed E-state index contributed by atoms with van der Waals surface area (Å²) >= 11 is 0. The number of carbonyl (C=O) groups excluding carboxylic acids is 2. The lowest BCUT2D eigenvalue weighted by atomic mass is 9.81. The zero-order valence-corrected chi connectivity index (χ0v) is 21.7. The highest BCUT2D eigenvalue weighted by molar-refractivity contribution is 5.94. The maximum Gasteiger partial charge on any atom is 0.343 e. The van der Waals surface area contributed by atoms with E-state index in [1.165, 1.54) is 6.07 Å². The van der Waals surface area contributed by atoms with Gasteiger partial charge >= 0.3 is 5.97 Å². The predicted octanol–water partition coefficient (Wildman–Crippen LogP) is 2.32. The molecule has 0 radical (unpaired) electrons. The van der Waals surface area contributed by atoms with E-state index in [0.29, 0.717) is 35.3 Å². The van der Waals surface area contributed by atoms with Gasteiger partial charge < -0.3 is 25.0 Å². The molecule has 38 heavy (non-hydrogen) atoms. The van der Waals surface area contributed by atoms with E-state index in [9.17, 15) is 19.5 Å². The van der Waals surface area contributed by atoms with Gasteiger partial charge in [-0.05, 0) is 55.9 Å². The first-order valence-electron chi connectivity index (χ1n) is 12.8. The number of likely N-dealkylation sites (N-methyl/N-ethyl adjacent to an activating group) is 1. The molecule has 3 aromatic rings. The van der Waals surface area contributed by atoms with E-state index in [4.69, 9.17) is 15.5 Å².